The van der Waals surface area contributed by atoms with Crippen molar-refractivity contribution in [3.8, 4) is 5.75 Å². The molecule has 1 unspecified atom stereocenters. The third kappa shape index (κ3) is 3.36. The molecule has 106 valence electrons. The monoisotopic (exact) mass is 274 g/mol. The van der Waals surface area contributed by atoms with Crippen LogP contribution >= 0.6 is 0 Å². The first kappa shape index (κ1) is 14.1. The maximum absolute atomic E-state index is 12.0. The molecule has 6 nitrogen and oxygen atoms in total. The summed E-state index contributed by atoms with van der Waals surface area (Å²) < 4.78 is 1.60. The summed E-state index contributed by atoms with van der Waals surface area (Å²) in [4.78, 5) is 12.0. The highest BCUT2D eigenvalue weighted by atomic mass is 16.3. The highest BCUT2D eigenvalue weighted by molar-refractivity contribution is 5.94. The number of hydrogen-bond acceptors (Lipinski definition) is 4. The van der Waals surface area contributed by atoms with Gasteiger partial charge in [0.15, 0.2) is 0 Å². The van der Waals surface area contributed by atoms with E-state index in [0.29, 0.717) is 12.2 Å². The maximum Gasteiger partial charge on any atom is 0.242 e. The zero-order chi connectivity index (χ0) is 14.7. The number of nitrogens with one attached hydrogen (secondary N) is 1. The van der Waals surface area contributed by atoms with Gasteiger partial charge in [-0.15, -0.1) is 0 Å². The lowest BCUT2D eigenvalue weighted by Gasteiger charge is -2.12. The minimum atomic E-state index is -0.658. The summed E-state index contributed by atoms with van der Waals surface area (Å²) >= 11 is 0. The van der Waals surface area contributed by atoms with E-state index in [4.69, 9.17) is 5.73 Å². The number of carbonyl (C=O) groups excluding carboxylic acids is 1. The van der Waals surface area contributed by atoms with Crippen LogP contribution in [0.5, 0.6) is 5.75 Å². The molecule has 0 saturated carbocycles. The zero-order valence-electron chi connectivity index (χ0n) is 11.5. The second kappa shape index (κ2) is 5.75. The highest BCUT2D eigenvalue weighted by Crippen LogP contribution is 2.12. The van der Waals surface area contributed by atoms with E-state index < -0.39 is 6.04 Å². The van der Waals surface area contributed by atoms with E-state index in [9.17, 15) is 9.90 Å². The molecular formula is C14H18N4O2. The molecule has 0 fully saturated rings. The first-order valence-electron chi connectivity index (χ1n) is 6.30. The van der Waals surface area contributed by atoms with Crippen LogP contribution in [0.2, 0.25) is 0 Å². The number of carbonyl (C=O) groups is 1. The standard InChI is InChI=1S/C14H18N4O2/c1-9-7-13(18(2)17-9)16-14(20)12(15)8-10-3-5-11(19)6-4-10/h3-7,12,19H,8,15H2,1-2H3,(H,16,20). The van der Waals surface area contributed by atoms with Gasteiger partial charge in [-0.2, -0.15) is 5.10 Å². The van der Waals surface area contributed by atoms with Crippen LogP contribution in [0.4, 0.5) is 5.82 Å². The molecule has 1 aromatic carbocycles. The molecule has 0 radical (unpaired) electrons. The van der Waals surface area contributed by atoms with Crippen molar-refractivity contribution in [2.45, 2.75) is 19.4 Å². The van der Waals surface area contributed by atoms with Gasteiger partial charge in [-0.1, -0.05) is 12.1 Å². The number of nitrogens with zero attached hydrogens (tertiary/aromatic N) is 2. The molecule has 0 bridgehead atoms. The number of phenols is 1. The number of phenolic OH excluding ortho intramolecular Hbond substituents is 1. The van der Waals surface area contributed by atoms with Crippen molar-refractivity contribution in [2.75, 3.05) is 5.32 Å². The Labute approximate surface area is 117 Å². The van der Waals surface area contributed by atoms with Gasteiger partial charge < -0.3 is 16.2 Å². The van der Waals surface area contributed by atoms with E-state index >= 15 is 0 Å². The number of rotatable bonds is 4. The molecule has 0 aliphatic rings. The van der Waals surface area contributed by atoms with Gasteiger partial charge in [-0.3, -0.25) is 9.48 Å². The molecule has 0 aliphatic heterocycles. The Bertz CT molecular complexity index is 604. The van der Waals surface area contributed by atoms with Crippen molar-refractivity contribution >= 4 is 11.7 Å². The van der Waals surface area contributed by atoms with Crippen molar-refractivity contribution in [1.82, 2.24) is 9.78 Å². The third-order valence-electron chi connectivity index (χ3n) is 2.98. The Hall–Kier alpha value is -2.34. The SMILES string of the molecule is Cc1cc(NC(=O)C(N)Cc2ccc(O)cc2)n(C)n1. The summed E-state index contributed by atoms with van der Waals surface area (Å²) in [5.41, 5.74) is 7.61. The Morgan fingerprint density at radius 2 is 2.10 bits per heavy atom. The molecule has 0 spiro atoms. The van der Waals surface area contributed by atoms with Crippen LogP contribution in [0.1, 0.15) is 11.3 Å². The lowest BCUT2D eigenvalue weighted by molar-refractivity contribution is -0.117. The number of aromatic nitrogens is 2. The summed E-state index contributed by atoms with van der Waals surface area (Å²) in [6, 6.07) is 7.77. The van der Waals surface area contributed by atoms with E-state index in [1.165, 1.54) is 0 Å². The van der Waals surface area contributed by atoms with E-state index in [1.807, 2.05) is 6.92 Å². The molecule has 1 amide bonds. The van der Waals surface area contributed by atoms with Crippen molar-refractivity contribution in [1.29, 1.82) is 0 Å². The fourth-order valence-electron chi connectivity index (χ4n) is 1.93. The van der Waals surface area contributed by atoms with Gasteiger partial charge in [-0.25, -0.2) is 0 Å². The van der Waals surface area contributed by atoms with Crippen LogP contribution in [0.25, 0.3) is 0 Å². The number of benzene rings is 1. The van der Waals surface area contributed by atoms with Crippen LogP contribution in [0, 0.1) is 6.92 Å². The van der Waals surface area contributed by atoms with Gasteiger partial charge in [-0.05, 0) is 31.0 Å². The second-order valence-corrected chi connectivity index (χ2v) is 4.76. The largest absolute Gasteiger partial charge is 0.508 e. The predicted molar refractivity (Wildman–Crippen MR) is 76.4 cm³/mol. The van der Waals surface area contributed by atoms with Crippen molar-refractivity contribution in [2.24, 2.45) is 12.8 Å². The van der Waals surface area contributed by atoms with Gasteiger partial charge >= 0.3 is 0 Å². The number of aryl methyl sites for hydroxylation is 2. The Morgan fingerprint density at radius 1 is 1.45 bits per heavy atom. The second-order valence-electron chi connectivity index (χ2n) is 4.76. The maximum atomic E-state index is 12.0. The lowest BCUT2D eigenvalue weighted by Crippen LogP contribution is -2.37. The molecule has 4 N–H and O–H groups in total. The molecule has 0 aliphatic carbocycles. The summed E-state index contributed by atoms with van der Waals surface area (Å²) in [7, 11) is 1.76. The quantitative estimate of drug-likeness (QED) is 0.773. The van der Waals surface area contributed by atoms with Crippen molar-refractivity contribution in [3.05, 3.63) is 41.6 Å². The van der Waals surface area contributed by atoms with Crippen LogP contribution in [0.15, 0.2) is 30.3 Å². The summed E-state index contributed by atoms with van der Waals surface area (Å²) in [6.07, 6.45) is 0.406. The number of amides is 1. The first-order chi connectivity index (χ1) is 9.45. The van der Waals surface area contributed by atoms with Gasteiger partial charge in [0.1, 0.15) is 11.6 Å². The van der Waals surface area contributed by atoms with Crippen LogP contribution in [-0.4, -0.2) is 26.8 Å². The van der Waals surface area contributed by atoms with Gasteiger partial charge in [0.05, 0.1) is 11.7 Å². The zero-order valence-corrected chi connectivity index (χ0v) is 11.5. The van der Waals surface area contributed by atoms with Gasteiger partial charge in [0.2, 0.25) is 5.91 Å². The van der Waals surface area contributed by atoms with Crippen LogP contribution < -0.4 is 11.1 Å². The molecule has 6 heteroatoms. The fourth-order valence-corrected chi connectivity index (χ4v) is 1.93. The fraction of sp³-hybridized carbons (Fsp3) is 0.286. The smallest absolute Gasteiger partial charge is 0.242 e. The lowest BCUT2D eigenvalue weighted by atomic mass is 10.1. The van der Waals surface area contributed by atoms with E-state index in [2.05, 4.69) is 10.4 Å². The van der Waals surface area contributed by atoms with Crippen molar-refractivity contribution in [3.63, 3.8) is 0 Å². The Balaban J connectivity index is 1.98. The van der Waals surface area contributed by atoms with E-state index in [0.717, 1.165) is 11.3 Å². The van der Waals surface area contributed by atoms with E-state index in [-0.39, 0.29) is 11.7 Å². The Kier molecular flexibility index (Phi) is 4.05. The molecule has 2 rings (SSSR count). The summed E-state index contributed by atoms with van der Waals surface area (Å²) in [5.74, 6) is 0.548. The minimum absolute atomic E-state index is 0.192. The van der Waals surface area contributed by atoms with E-state index in [1.54, 1.807) is 42.1 Å². The molecule has 2 aromatic rings. The van der Waals surface area contributed by atoms with Crippen molar-refractivity contribution < 1.29 is 9.90 Å². The summed E-state index contributed by atoms with van der Waals surface area (Å²) in [5, 5.41) is 16.1. The molecule has 1 atom stereocenters. The molecule has 0 saturated heterocycles. The number of hydrogen-bond donors (Lipinski definition) is 3. The Morgan fingerprint density at radius 3 is 2.65 bits per heavy atom. The average Bonchev–Trinajstić information content (AvgIpc) is 2.70. The number of anilines is 1. The topological polar surface area (TPSA) is 93.2 Å². The number of aromatic hydroxyl groups is 1. The predicted octanol–water partition coefficient (Wildman–Crippen LogP) is 0.943. The third-order valence-corrected chi connectivity index (χ3v) is 2.98. The van der Waals surface area contributed by atoms with Gasteiger partial charge in [0, 0.05) is 13.1 Å². The van der Waals surface area contributed by atoms with Crippen LogP contribution in [-0.2, 0) is 18.3 Å². The molecule has 1 heterocycles. The minimum Gasteiger partial charge on any atom is -0.508 e. The normalized spacial score (nSPS) is 12.2. The summed E-state index contributed by atoms with van der Waals surface area (Å²) in [6.45, 7) is 1.85. The number of nitrogens with two attached hydrogens (primary N) is 1. The molecular weight excluding hydrogens is 256 g/mol. The average molecular weight is 274 g/mol. The molecule has 1 aromatic heterocycles. The first-order valence-corrected chi connectivity index (χ1v) is 6.30. The highest BCUT2D eigenvalue weighted by Gasteiger charge is 2.16. The van der Waals surface area contributed by atoms with Gasteiger partial charge in [0.25, 0.3) is 0 Å². The molecule has 20 heavy (non-hydrogen) atoms. The van der Waals surface area contributed by atoms with Crippen LogP contribution in [0.3, 0.4) is 0 Å².